The normalized spacial score (nSPS) is 13.2. The van der Waals surface area contributed by atoms with Gasteiger partial charge in [-0.05, 0) is 70.6 Å². The van der Waals surface area contributed by atoms with Gasteiger partial charge in [-0.1, -0.05) is 317 Å². The molecule has 0 aromatic rings. The van der Waals surface area contributed by atoms with Gasteiger partial charge < -0.3 is 28.5 Å². The Hall–Kier alpha value is -3.53. The van der Waals surface area contributed by atoms with Crippen molar-refractivity contribution in [1.29, 1.82) is 0 Å². The summed E-state index contributed by atoms with van der Waals surface area (Å²) in [7, 11) is 5.98. The minimum atomic E-state index is -1.51. The molecule has 2 unspecified atom stereocenters. The Morgan fingerprint density at radius 3 is 1.01 bits per heavy atom. The third kappa shape index (κ3) is 66.0. The Kier molecular flexibility index (Phi) is 62.7. The van der Waals surface area contributed by atoms with Crippen LogP contribution in [0.2, 0.25) is 0 Å². The molecular formula is C75H134NO8+. The lowest BCUT2D eigenvalue weighted by Gasteiger charge is -2.25. The number of ether oxygens (including phenoxy) is 4. The highest BCUT2D eigenvalue weighted by Gasteiger charge is 2.25. The summed E-state index contributed by atoms with van der Waals surface area (Å²) in [5.41, 5.74) is 0. The number of rotatable bonds is 65. The van der Waals surface area contributed by atoms with Gasteiger partial charge in [0.15, 0.2) is 6.10 Å². The average Bonchev–Trinajstić information content (AvgIpc) is 3.52. The van der Waals surface area contributed by atoms with E-state index in [0.29, 0.717) is 17.4 Å². The lowest BCUT2D eigenvalue weighted by Crippen LogP contribution is -2.40. The molecule has 0 aliphatic carbocycles. The largest absolute Gasteiger partial charge is 0.477 e. The molecule has 0 amide bonds. The lowest BCUT2D eigenvalue weighted by atomic mass is 10.0. The van der Waals surface area contributed by atoms with Crippen molar-refractivity contribution in [3.05, 3.63) is 85.1 Å². The molecular weight excluding hydrogens is 1040 g/mol. The van der Waals surface area contributed by atoms with E-state index in [1.165, 1.54) is 205 Å². The van der Waals surface area contributed by atoms with E-state index in [1.54, 1.807) is 0 Å². The van der Waals surface area contributed by atoms with Gasteiger partial charge in [-0.3, -0.25) is 9.59 Å². The summed E-state index contributed by atoms with van der Waals surface area (Å²) in [6.07, 6.45) is 85.5. The Labute approximate surface area is 519 Å². The zero-order valence-corrected chi connectivity index (χ0v) is 55.6. The van der Waals surface area contributed by atoms with Crippen LogP contribution >= 0.6 is 0 Å². The third-order valence-electron chi connectivity index (χ3n) is 15.4. The van der Waals surface area contributed by atoms with E-state index in [0.717, 1.165) is 83.5 Å². The molecule has 0 aromatic carbocycles. The predicted molar refractivity (Wildman–Crippen MR) is 359 cm³/mol. The fraction of sp³-hybridized carbons (Fsp3) is 0.773. The second kappa shape index (κ2) is 65.4. The molecule has 0 fully saturated rings. The van der Waals surface area contributed by atoms with Crippen molar-refractivity contribution >= 4 is 17.9 Å². The van der Waals surface area contributed by atoms with Crippen LogP contribution in [0.3, 0.4) is 0 Å². The first-order valence-electron chi connectivity index (χ1n) is 35.3. The van der Waals surface area contributed by atoms with Crippen LogP contribution in [-0.2, 0) is 33.3 Å². The van der Waals surface area contributed by atoms with Gasteiger partial charge in [-0.15, -0.1) is 0 Å². The van der Waals surface area contributed by atoms with Crippen LogP contribution in [0.4, 0.5) is 0 Å². The highest BCUT2D eigenvalue weighted by atomic mass is 16.7. The van der Waals surface area contributed by atoms with Crippen molar-refractivity contribution in [2.24, 2.45) is 0 Å². The number of carboxylic acid groups (broad SMARTS) is 1. The first kappa shape index (κ1) is 80.5. The van der Waals surface area contributed by atoms with E-state index in [4.69, 9.17) is 18.9 Å². The maximum atomic E-state index is 12.9. The van der Waals surface area contributed by atoms with Crippen molar-refractivity contribution < 1.29 is 42.9 Å². The fourth-order valence-electron chi connectivity index (χ4n) is 10.1. The van der Waals surface area contributed by atoms with Gasteiger partial charge in [-0.2, -0.15) is 0 Å². The molecule has 0 saturated carbocycles. The predicted octanol–water partition coefficient (Wildman–Crippen LogP) is 21.9. The number of carbonyl (C=O) groups is 3. The maximum Gasteiger partial charge on any atom is 0.361 e. The number of allylic oxidation sites excluding steroid dienone is 14. The van der Waals surface area contributed by atoms with Crippen molar-refractivity contribution in [3.8, 4) is 0 Å². The topological polar surface area (TPSA) is 108 Å². The number of hydrogen-bond donors (Lipinski definition) is 1. The molecule has 0 aromatic heterocycles. The van der Waals surface area contributed by atoms with E-state index in [9.17, 15) is 19.5 Å². The average molecular weight is 1180 g/mol. The molecule has 0 spiro atoms. The van der Waals surface area contributed by atoms with Crippen molar-refractivity contribution in [1.82, 2.24) is 0 Å². The van der Waals surface area contributed by atoms with Gasteiger partial charge in [0.1, 0.15) is 13.2 Å². The first-order chi connectivity index (χ1) is 41.1. The summed E-state index contributed by atoms with van der Waals surface area (Å²) in [6.45, 7) is 4.81. The Morgan fingerprint density at radius 1 is 0.369 bits per heavy atom. The Bertz CT molecular complexity index is 1650. The minimum absolute atomic E-state index is 0.179. The zero-order chi connectivity index (χ0) is 61.2. The van der Waals surface area contributed by atoms with E-state index >= 15 is 0 Å². The standard InChI is InChI=1S/C75H133NO8/c1-6-8-10-12-14-16-18-20-22-24-26-28-29-30-31-32-33-34-35-36-37-38-39-40-41-42-43-44-45-46-48-50-52-54-56-58-60-62-64-66-73(78)84-71(70-83-75(74(79)80)81-68-67-76(3,4)5)69-82-72(77)65-63-61-59-57-55-53-51-49-47-27-25-23-21-19-17-15-13-11-9-7-2/h8,10,14,16,20,22,26,28,30-31,33-34,36-37,71,75H,6-7,9,11-13,15,17-19,21,23-25,27,29,32,35,38-70H2,1-5H3/p+1/b10-8-,16-14-,22-20-,28-26-,31-30-,34-33-,37-36-. The van der Waals surface area contributed by atoms with Crippen LogP contribution in [0, 0.1) is 0 Å². The highest BCUT2D eigenvalue weighted by Crippen LogP contribution is 2.18. The van der Waals surface area contributed by atoms with Crippen LogP contribution in [0.1, 0.15) is 316 Å². The molecule has 486 valence electrons. The number of quaternary nitrogens is 1. The van der Waals surface area contributed by atoms with Gasteiger partial charge in [0.2, 0.25) is 0 Å². The fourth-order valence-corrected chi connectivity index (χ4v) is 10.1. The SMILES string of the molecule is CC/C=C\C/C=C\C/C=C\C/C=C\C/C=C\C/C=C\C/C=C\CCCCCCCCCCCCCCCCCCCC(=O)OC(COC(=O)CCCCCCCCCCCCCCCCCCCCCC)COC(OCC[N+](C)(C)C)C(=O)O. The summed E-state index contributed by atoms with van der Waals surface area (Å²) >= 11 is 0. The number of carbonyl (C=O) groups excluding carboxylic acids is 2. The van der Waals surface area contributed by atoms with Crippen LogP contribution in [-0.4, -0.2) is 87.4 Å². The molecule has 0 aliphatic heterocycles. The summed E-state index contributed by atoms with van der Waals surface area (Å²) in [4.78, 5) is 37.6. The number of carboxylic acids is 1. The van der Waals surface area contributed by atoms with Crippen molar-refractivity contribution in [3.63, 3.8) is 0 Å². The summed E-state index contributed by atoms with van der Waals surface area (Å²) in [5, 5.41) is 9.74. The van der Waals surface area contributed by atoms with E-state index in [-0.39, 0.29) is 38.2 Å². The highest BCUT2D eigenvalue weighted by molar-refractivity contribution is 5.71. The molecule has 0 radical (unpaired) electrons. The molecule has 0 bridgehead atoms. The number of likely N-dealkylation sites (N-methyl/N-ethyl adjacent to an activating group) is 1. The number of nitrogens with zero attached hydrogens (tertiary/aromatic N) is 1. The van der Waals surface area contributed by atoms with Gasteiger partial charge in [0.25, 0.3) is 6.29 Å². The second-order valence-electron chi connectivity index (χ2n) is 24.8. The third-order valence-corrected chi connectivity index (χ3v) is 15.4. The molecule has 9 heteroatoms. The second-order valence-corrected chi connectivity index (χ2v) is 24.8. The Balaban J connectivity index is 4.04. The monoisotopic (exact) mass is 1180 g/mol. The Morgan fingerprint density at radius 2 is 0.679 bits per heavy atom. The molecule has 9 nitrogen and oxygen atoms in total. The van der Waals surface area contributed by atoms with E-state index < -0.39 is 18.4 Å². The number of hydrogen-bond acceptors (Lipinski definition) is 7. The molecule has 0 rings (SSSR count). The number of esters is 2. The zero-order valence-electron chi connectivity index (χ0n) is 55.6. The van der Waals surface area contributed by atoms with E-state index in [2.05, 4.69) is 98.9 Å². The van der Waals surface area contributed by atoms with Crippen LogP contribution in [0.25, 0.3) is 0 Å². The van der Waals surface area contributed by atoms with Crippen LogP contribution in [0.15, 0.2) is 85.1 Å². The summed E-state index contributed by atoms with van der Waals surface area (Å²) < 4.78 is 23.0. The molecule has 0 heterocycles. The van der Waals surface area contributed by atoms with Crippen LogP contribution in [0.5, 0.6) is 0 Å². The first-order valence-corrected chi connectivity index (χ1v) is 35.3. The molecule has 0 saturated heterocycles. The smallest absolute Gasteiger partial charge is 0.361 e. The van der Waals surface area contributed by atoms with Crippen molar-refractivity contribution in [2.75, 3.05) is 47.5 Å². The maximum absolute atomic E-state index is 12.9. The van der Waals surface area contributed by atoms with Crippen LogP contribution < -0.4 is 0 Å². The summed E-state index contributed by atoms with van der Waals surface area (Å²) in [5.74, 6) is -1.99. The molecule has 0 aliphatic rings. The lowest BCUT2D eigenvalue weighted by molar-refractivity contribution is -0.870. The number of aliphatic carboxylic acids is 1. The molecule has 2 atom stereocenters. The number of unbranched alkanes of at least 4 members (excludes halogenated alkanes) is 36. The van der Waals surface area contributed by atoms with E-state index in [1.807, 2.05) is 21.1 Å². The van der Waals surface area contributed by atoms with Gasteiger partial charge >= 0.3 is 17.9 Å². The quantitative estimate of drug-likeness (QED) is 0.0211. The van der Waals surface area contributed by atoms with Gasteiger partial charge in [0.05, 0.1) is 34.4 Å². The summed E-state index contributed by atoms with van der Waals surface area (Å²) in [6, 6.07) is 0. The molecule has 84 heavy (non-hydrogen) atoms. The minimum Gasteiger partial charge on any atom is -0.477 e. The van der Waals surface area contributed by atoms with Gasteiger partial charge in [-0.25, -0.2) is 4.79 Å². The van der Waals surface area contributed by atoms with Crippen molar-refractivity contribution in [2.45, 2.75) is 328 Å². The molecule has 1 N–H and O–H groups in total. The van der Waals surface area contributed by atoms with Gasteiger partial charge in [0, 0.05) is 12.8 Å².